The second kappa shape index (κ2) is 33.7. The van der Waals surface area contributed by atoms with Gasteiger partial charge in [-0.05, 0) is 64.2 Å². The highest BCUT2D eigenvalue weighted by Crippen LogP contribution is 2.29. The van der Waals surface area contributed by atoms with Crippen LogP contribution in [0.4, 0.5) is 0 Å². The molecule has 0 aromatic heterocycles. The lowest BCUT2D eigenvalue weighted by Gasteiger charge is -2.46. The normalized spacial score (nSPS) is 28.8. The molecule has 14 heteroatoms. The van der Waals surface area contributed by atoms with E-state index in [0.717, 1.165) is 83.5 Å². The number of amides is 1. The summed E-state index contributed by atoms with van der Waals surface area (Å²) in [6.45, 7) is 2.44. The Hall–Kier alpha value is -2.83. The van der Waals surface area contributed by atoms with E-state index >= 15 is 0 Å². The predicted octanol–water partition coefficient (Wildman–Crippen LogP) is 4.26. The van der Waals surface area contributed by atoms with Crippen LogP contribution in [0.25, 0.3) is 0 Å². The molecule has 1 amide bonds. The van der Waals surface area contributed by atoms with Gasteiger partial charge in [0, 0.05) is 6.42 Å². The van der Waals surface area contributed by atoms with Crippen LogP contribution in [0, 0.1) is 0 Å². The summed E-state index contributed by atoms with van der Waals surface area (Å²) in [5.41, 5.74) is 0. The number of unbranched alkanes of at least 4 members (excludes halogenated alkanes) is 6. The fourth-order valence-electron chi connectivity index (χ4n) is 6.63. The van der Waals surface area contributed by atoms with Gasteiger partial charge in [-0.15, -0.1) is 0 Å². The third kappa shape index (κ3) is 21.9. The van der Waals surface area contributed by atoms with Crippen LogP contribution in [0.15, 0.2) is 85.1 Å². The smallest absolute Gasteiger partial charge is 0.220 e. The number of nitrogens with one attached hydrogen (secondary N) is 1. The van der Waals surface area contributed by atoms with Crippen LogP contribution < -0.4 is 5.32 Å². The lowest BCUT2D eigenvalue weighted by atomic mass is 9.97. The van der Waals surface area contributed by atoms with Crippen LogP contribution in [0.3, 0.4) is 0 Å². The van der Waals surface area contributed by atoms with Gasteiger partial charge in [0.2, 0.25) is 5.91 Å². The zero-order valence-corrected chi connectivity index (χ0v) is 36.4. The second-order valence-electron chi connectivity index (χ2n) is 15.4. The molecule has 61 heavy (non-hydrogen) atoms. The van der Waals surface area contributed by atoms with E-state index in [4.69, 9.17) is 18.9 Å². The summed E-state index contributed by atoms with van der Waals surface area (Å²) in [6.07, 6.45) is 25.7. The Morgan fingerprint density at radius 1 is 0.607 bits per heavy atom. The number of carbonyl (C=O) groups excluding carboxylic acids is 1. The van der Waals surface area contributed by atoms with Crippen LogP contribution in [-0.2, 0) is 23.7 Å². The van der Waals surface area contributed by atoms with E-state index in [0.29, 0.717) is 6.42 Å². The molecule has 9 N–H and O–H groups in total. The van der Waals surface area contributed by atoms with Crippen molar-refractivity contribution in [2.24, 2.45) is 0 Å². The highest BCUT2D eigenvalue weighted by Gasteiger charge is 2.50. The van der Waals surface area contributed by atoms with Crippen LogP contribution >= 0.6 is 0 Å². The van der Waals surface area contributed by atoms with Gasteiger partial charge in [0.05, 0.1) is 32.0 Å². The van der Waals surface area contributed by atoms with Crippen molar-refractivity contribution >= 4 is 5.91 Å². The third-order valence-electron chi connectivity index (χ3n) is 10.3. The molecule has 2 heterocycles. The average Bonchev–Trinajstić information content (AvgIpc) is 3.26. The second-order valence-corrected chi connectivity index (χ2v) is 15.4. The molecule has 2 aliphatic heterocycles. The zero-order valence-electron chi connectivity index (χ0n) is 36.4. The Morgan fingerprint density at radius 3 is 1.70 bits per heavy atom. The molecular weight excluding hydrogens is 787 g/mol. The first-order chi connectivity index (χ1) is 29.6. The Bertz CT molecular complexity index is 1350. The summed E-state index contributed by atoms with van der Waals surface area (Å²) in [6, 6.07) is -0.929. The molecule has 0 bridgehead atoms. The van der Waals surface area contributed by atoms with Crippen LogP contribution in [0.1, 0.15) is 110 Å². The highest BCUT2D eigenvalue weighted by atomic mass is 16.7. The maximum absolute atomic E-state index is 13.0. The Labute approximate surface area is 363 Å². The fourth-order valence-corrected chi connectivity index (χ4v) is 6.63. The molecule has 14 nitrogen and oxygen atoms in total. The summed E-state index contributed by atoms with van der Waals surface area (Å²) in [7, 11) is 0. The number of ether oxygens (including phenoxy) is 4. The SMILES string of the molecule is CC/C=C\C/C=C\C/C=C\C/C=C\C/C=C\C/C=C\CCCCCCC(=O)NC(COC1OC(CO)C(OC2OC(CO)C(O)C(O)C2O)C(O)C1O)C(O)/C=C/CCCC. The van der Waals surface area contributed by atoms with Gasteiger partial charge in [0.25, 0.3) is 0 Å². The van der Waals surface area contributed by atoms with E-state index in [1.807, 2.05) is 6.08 Å². The summed E-state index contributed by atoms with van der Waals surface area (Å²) in [5.74, 6) is -0.280. The van der Waals surface area contributed by atoms with Crippen molar-refractivity contribution in [3.63, 3.8) is 0 Å². The number of hydrogen-bond acceptors (Lipinski definition) is 13. The minimum Gasteiger partial charge on any atom is -0.394 e. The van der Waals surface area contributed by atoms with Gasteiger partial charge >= 0.3 is 0 Å². The first kappa shape index (κ1) is 54.3. The largest absolute Gasteiger partial charge is 0.394 e. The van der Waals surface area contributed by atoms with Crippen LogP contribution in [-0.4, -0.2) is 140 Å². The number of rotatable bonds is 31. The topological polar surface area (TPSA) is 228 Å². The molecule has 2 fully saturated rings. The zero-order chi connectivity index (χ0) is 44.7. The quantitative estimate of drug-likeness (QED) is 0.0351. The molecular formula is C47H77NO13. The minimum absolute atomic E-state index is 0.244. The van der Waals surface area contributed by atoms with Gasteiger partial charge < -0.3 is 65.1 Å². The van der Waals surface area contributed by atoms with Crippen LogP contribution in [0.5, 0.6) is 0 Å². The van der Waals surface area contributed by atoms with Gasteiger partial charge in [0.15, 0.2) is 12.6 Å². The van der Waals surface area contributed by atoms with Crippen molar-refractivity contribution in [2.45, 2.75) is 184 Å². The third-order valence-corrected chi connectivity index (χ3v) is 10.3. The predicted molar refractivity (Wildman–Crippen MR) is 235 cm³/mol. The van der Waals surface area contributed by atoms with Crippen molar-refractivity contribution in [3.8, 4) is 0 Å². The highest BCUT2D eigenvalue weighted by molar-refractivity contribution is 5.76. The molecule has 2 saturated heterocycles. The summed E-state index contributed by atoms with van der Waals surface area (Å²) in [4.78, 5) is 13.0. The van der Waals surface area contributed by atoms with E-state index in [-0.39, 0.29) is 18.9 Å². The van der Waals surface area contributed by atoms with Crippen molar-refractivity contribution in [3.05, 3.63) is 85.1 Å². The monoisotopic (exact) mass is 864 g/mol. The fraction of sp³-hybridized carbons (Fsp3) is 0.681. The number of aliphatic hydroxyl groups is 8. The van der Waals surface area contributed by atoms with Crippen molar-refractivity contribution < 1.29 is 64.6 Å². The first-order valence-electron chi connectivity index (χ1n) is 22.3. The van der Waals surface area contributed by atoms with Crippen molar-refractivity contribution in [1.29, 1.82) is 0 Å². The van der Waals surface area contributed by atoms with Gasteiger partial charge in [-0.2, -0.15) is 0 Å². The van der Waals surface area contributed by atoms with E-state index in [1.165, 1.54) is 0 Å². The van der Waals surface area contributed by atoms with Crippen LogP contribution in [0.2, 0.25) is 0 Å². The molecule has 2 aliphatic rings. The van der Waals surface area contributed by atoms with Gasteiger partial charge in [-0.3, -0.25) is 4.79 Å². The maximum Gasteiger partial charge on any atom is 0.220 e. The lowest BCUT2D eigenvalue weighted by molar-refractivity contribution is -0.359. The van der Waals surface area contributed by atoms with E-state index in [2.05, 4.69) is 92.1 Å². The summed E-state index contributed by atoms with van der Waals surface area (Å²) in [5, 5.41) is 85.8. The first-order valence-corrected chi connectivity index (χ1v) is 22.3. The molecule has 0 aromatic rings. The van der Waals surface area contributed by atoms with Gasteiger partial charge in [-0.1, -0.05) is 125 Å². The molecule has 0 aliphatic carbocycles. The van der Waals surface area contributed by atoms with E-state index in [1.54, 1.807) is 6.08 Å². The lowest BCUT2D eigenvalue weighted by Crippen LogP contribution is -2.65. The standard InChI is InChI=1S/C47H77NO13/c1-3-5-7-9-10-11-12-13-14-15-16-17-18-19-20-21-22-23-24-25-26-27-29-31-39(52)48-35(36(51)30-28-8-6-4-2)34-58-46-44(57)42(55)45(38(33-50)60-46)61-47-43(56)41(54)40(53)37(32-49)59-47/h5,7,10-11,13-14,16-17,19-20,22-23,28,30,35-38,40-47,49-51,53-57H,3-4,6,8-9,12,15,18,21,24-27,29,31-34H2,1-2H3,(H,48,52)/b7-5-,11-10-,14-13-,17-16-,20-19-,23-22-,30-28+. The number of carbonyl (C=O) groups is 1. The summed E-state index contributed by atoms with van der Waals surface area (Å²) < 4.78 is 22.4. The number of allylic oxidation sites excluding steroid dienone is 13. The van der Waals surface area contributed by atoms with E-state index < -0.39 is 86.8 Å². The van der Waals surface area contributed by atoms with Crippen molar-refractivity contribution in [2.75, 3.05) is 19.8 Å². The molecule has 0 spiro atoms. The number of hydrogen-bond donors (Lipinski definition) is 9. The van der Waals surface area contributed by atoms with Gasteiger partial charge in [-0.25, -0.2) is 0 Å². The molecule has 12 unspecified atom stereocenters. The molecule has 12 atom stereocenters. The Morgan fingerprint density at radius 2 is 1.13 bits per heavy atom. The van der Waals surface area contributed by atoms with Crippen molar-refractivity contribution in [1.82, 2.24) is 5.32 Å². The summed E-state index contributed by atoms with van der Waals surface area (Å²) >= 11 is 0. The minimum atomic E-state index is -1.79. The molecule has 2 rings (SSSR count). The average molecular weight is 864 g/mol. The molecule has 0 radical (unpaired) electrons. The molecule has 0 aromatic carbocycles. The maximum atomic E-state index is 13.0. The van der Waals surface area contributed by atoms with Gasteiger partial charge in [0.1, 0.15) is 48.8 Å². The number of aliphatic hydroxyl groups excluding tert-OH is 8. The molecule has 348 valence electrons. The Kier molecular flexibility index (Phi) is 30.0. The molecule has 0 saturated carbocycles. The van der Waals surface area contributed by atoms with E-state index in [9.17, 15) is 45.6 Å². The Balaban J connectivity index is 1.75.